The van der Waals surface area contributed by atoms with Crippen LogP contribution in [0.4, 0.5) is 0 Å². The average Bonchev–Trinajstić information content (AvgIpc) is 2.62. The van der Waals surface area contributed by atoms with Crippen molar-refractivity contribution in [3.8, 4) is 11.1 Å². The van der Waals surface area contributed by atoms with E-state index in [0.29, 0.717) is 6.04 Å². The average molecular weight is 325 g/mol. The molecule has 1 heterocycles. The molecular formula is C20H23NO3. The largest absolute Gasteiger partial charge is 0.481 e. The molecule has 0 amide bonds. The van der Waals surface area contributed by atoms with Crippen LogP contribution in [0.5, 0.6) is 0 Å². The molecule has 1 aliphatic heterocycles. The highest BCUT2D eigenvalue weighted by molar-refractivity contribution is 5.76. The number of morpholine rings is 1. The topological polar surface area (TPSA) is 49.8 Å². The maximum Gasteiger partial charge on any atom is 0.307 e. The van der Waals surface area contributed by atoms with Gasteiger partial charge in [-0.1, -0.05) is 48.5 Å². The van der Waals surface area contributed by atoms with Crippen LogP contribution in [-0.2, 0) is 16.0 Å². The molecule has 0 bridgehead atoms. The first-order chi connectivity index (χ1) is 11.6. The van der Waals surface area contributed by atoms with Gasteiger partial charge in [0.05, 0.1) is 19.6 Å². The predicted octanol–water partition coefficient (Wildman–Crippen LogP) is 3.37. The van der Waals surface area contributed by atoms with Crippen LogP contribution in [0.15, 0.2) is 48.5 Å². The highest BCUT2D eigenvalue weighted by atomic mass is 16.5. The van der Waals surface area contributed by atoms with Gasteiger partial charge in [0.25, 0.3) is 0 Å². The van der Waals surface area contributed by atoms with E-state index >= 15 is 0 Å². The van der Waals surface area contributed by atoms with Crippen molar-refractivity contribution in [1.82, 2.24) is 4.90 Å². The third-order valence-electron chi connectivity index (χ3n) is 4.66. The molecule has 1 aliphatic rings. The maximum atomic E-state index is 11.1. The number of nitrogens with zero attached hydrogens (tertiary/aromatic N) is 1. The summed E-state index contributed by atoms with van der Waals surface area (Å²) >= 11 is 0. The van der Waals surface area contributed by atoms with Gasteiger partial charge in [0.1, 0.15) is 0 Å². The van der Waals surface area contributed by atoms with E-state index in [2.05, 4.69) is 36.1 Å². The summed E-state index contributed by atoms with van der Waals surface area (Å²) in [7, 11) is 0. The predicted molar refractivity (Wildman–Crippen MR) is 94.0 cm³/mol. The summed E-state index contributed by atoms with van der Waals surface area (Å²) in [6.45, 7) is 5.74. The van der Waals surface area contributed by atoms with E-state index in [1.165, 1.54) is 5.56 Å². The number of benzene rings is 2. The van der Waals surface area contributed by atoms with Crippen LogP contribution in [-0.4, -0.2) is 42.3 Å². The molecule has 1 atom stereocenters. The summed E-state index contributed by atoms with van der Waals surface area (Å²) in [5, 5.41) is 9.08. The van der Waals surface area contributed by atoms with E-state index in [9.17, 15) is 4.79 Å². The minimum atomic E-state index is -0.806. The number of aliphatic carboxylic acids is 1. The minimum absolute atomic E-state index is 0.0438. The Kier molecular flexibility index (Phi) is 5.28. The molecule has 2 aromatic rings. The number of carboxylic acid groups (broad SMARTS) is 1. The number of hydrogen-bond acceptors (Lipinski definition) is 3. The Morgan fingerprint density at radius 3 is 2.46 bits per heavy atom. The summed E-state index contributed by atoms with van der Waals surface area (Å²) in [6, 6.07) is 16.5. The zero-order chi connectivity index (χ0) is 16.9. The summed E-state index contributed by atoms with van der Waals surface area (Å²) in [6.07, 6.45) is 0.0438. The van der Waals surface area contributed by atoms with Crippen LogP contribution in [0.25, 0.3) is 11.1 Å². The van der Waals surface area contributed by atoms with Crippen molar-refractivity contribution in [3.63, 3.8) is 0 Å². The van der Waals surface area contributed by atoms with Gasteiger partial charge >= 0.3 is 5.97 Å². The molecule has 24 heavy (non-hydrogen) atoms. The van der Waals surface area contributed by atoms with Crippen molar-refractivity contribution in [2.45, 2.75) is 19.4 Å². The summed E-state index contributed by atoms with van der Waals surface area (Å²) in [4.78, 5) is 13.5. The van der Waals surface area contributed by atoms with Gasteiger partial charge < -0.3 is 9.84 Å². The third-order valence-corrected chi connectivity index (χ3v) is 4.66. The molecule has 4 nitrogen and oxygen atoms in total. The Labute approximate surface area is 142 Å². The standard InChI is InChI=1S/C20H23NO3/c1-15(21-10-12-24-13-11-21)16-6-8-17(9-7-16)19-5-3-2-4-18(19)14-20(22)23/h2-9,15H,10-14H2,1H3,(H,22,23)/t15-/m1/s1. The highest BCUT2D eigenvalue weighted by Gasteiger charge is 2.18. The van der Waals surface area contributed by atoms with Gasteiger partial charge in [-0.2, -0.15) is 0 Å². The molecule has 0 aromatic heterocycles. The zero-order valence-electron chi connectivity index (χ0n) is 13.9. The Balaban J connectivity index is 1.81. The van der Waals surface area contributed by atoms with E-state index in [1.807, 2.05) is 24.3 Å². The van der Waals surface area contributed by atoms with Crippen molar-refractivity contribution in [2.24, 2.45) is 0 Å². The van der Waals surface area contributed by atoms with E-state index < -0.39 is 5.97 Å². The summed E-state index contributed by atoms with van der Waals surface area (Å²) < 4.78 is 5.42. The number of carbonyl (C=O) groups is 1. The van der Waals surface area contributed by atoms with E-state index in [1.54, 1.807) is 0 Å². The molecule has 1 N–H and O–H groups in total. The van der Waals surface area contributed by atoms with Gasteiger partial charge in [0.2, 0.25) is 0 Å². The lowest BCUT2D eigenvalue weighted by Crippen LogP contribution is -2.37. The van der Waals surface area contributed by atoms with Gasteiger partial charge in [-0.3, -0.25) is 9.69 Å². The second-order valence-electron chi connectivity index (χ2n) is 6.17. The molecule has 1 fully saturated rings. The van der Waals surface area contributed by atoms with Gasteiger partial charge in [-0.15, -0.1) is 0 Å². The van der Waals surface area contributed by atoms with E-state index in [4.69, 9.17) is 9.84 Å². The lowest BCUT2D eigenvalue weighted by Gasteiger charge is -2.32. The van der Waals surface area contributed by atoms with Gasteiger partial charge in [-0.05, 0) is 29.2 Å². The molecule has 4 heteroatoms. The minimum Gasteiger partial charge on any atom is -0.481 e. The lowest BCUT2D eigenvalue weighted by molar-refractivity contribution is -0.136. The quantitative estimate of drug-likeness (QED) is 0.916. The summed E-state index contributed by atoms with van der Waals surface area (Å²) in [5.74, 6) is -0.806. The van der Waals surface area contributed by atoms with Gasteiger partial charge in [0, 0.05) is 19.1 Å². The van der Waals surface area contributed by atoms with Gasteiger partial charge in [0.15, 0.2) is 0 Å². The van der Waals surface area contributed by atoms with Crippen LogP contribution < -0.4 is 0 Å². The normalized spacial score (nSPS) is 16.7. The molecule has 2 aromatic carbocycles. The molecule has 0 unspecified atom stereocenters. The fourth-order valence-electron chi connectivity index (χ4n) is 3.24. The van der Waals surface area contributed by atoms with Crippen molar-refractivity contribution in [3.05, 3.63) is 59.7 Å². The van der Waals surface area contributed by atoms with Gasteiger partial charge in [-0.25, -0.2) is 0 Å². The van der Waals surface area contributed by atoms with Crippen LogP contribution in [0.1, 0.15) is 24.1 Å². The number of carboxylic acids is 1. The Morgan fingerprint density at radius 1 is 1.12 bits per heavy atom. The van der Waals surface area contributed by atoms with Crippen molar-refractivity contribution >= 4 is 5.97 Å². The molecular weight excluding hydrogens is 302 g/mol. The highest BCUT2D eigenvalue weighted by Crippen LogP contribution is 2.27. The second-order valence-corrected chi connectivity index (χ2v) is 6.17. The Morgan fingerprint density at radius 2 is 1.79 bits per heavy atom. The van der Waals surface area contributed by atoms with Crippen molar-refractivity contribution in [1.29, 1.82) is 0 Å². The smallest absolute Gasteiger partial charge is 0.307 e. The zero-order valence-corrected chi connectivity index (χ0v) is 13.9. The monoisotopic (exact) mass is 325 g/mol. The third kappa shape index (κ3) is 3.83. The Bertz CT molecular complexity index is 690. The SMILES string of the molecule is C[C@H](c1ccc(-c2ccccc2CC(=O)O)cc1)N1CCOCC1. The van der Waals surface area contributed by atoms with Crippen molar-refractivity contribution < 1.29 is 14.6 Å². The lowest BCUT2D eigenvalue weighted by atomic mass is 9.95. The van der Waals surface area contributed by atoms with Crippen LogP contribution in [0.2, 0.25) is 0 Å². The fraction of sp³-hybridized carbons (Fsp3) is 0.350. The number of rotatable bonds is 5. The van der Waals surface area contributed by atoms with E-state index in [0.717, 1.165) is 43.0 Å². The molecule has 0 saturated carbocycles. The maximum absolute atomic E-state index is 11.1. The first-order valence-electron chi connectivity index (χ1n) is 8.37. The van der Waals surface area contributed by atoms with Crippen LogP contribution >= 0.6 is 0 Å². The fourth-order valence-corrected chi connectivity index (χ4v) is 3.24. The molecule has 126 valence electrons. The van der Waals surface area contributed by atoms with Crippen molar-refractivity contribution in [2.75, 3.05) is 26.3 Å². The number of ether oxygens (including phenoxy) is 1. The molecule has 0 radical (unpaired) electrons. The number of hydrogen-bond donors (Lipinski definition) is 1. The van der Waals surface area contributed by atoms with E-state index in [-0.39, 0.29) is 6.42 Å². The molecule has 0 spiro atoms. The first-order valence-corrected chi connectivity index (χ1v) is 8.37. The Hall–Kier alpha value is -2.17. The van der Waals surface area contributed by atoms with Crippen LogP contribution in [0.3, 0.4) is 0 Å². The molecule has 3 rings (SSSR count). The summed E-state index contributed by atoms with van der Waals surface area (Å²) in [5.41, 5.74) is 4.17. The van der Waals surface area contributed by atoms with Crippen LogP contribution in [0, 0.1) is 0 Å². The second kappa shape index (κ2) is 7.60. The first kappa shape index (κ1) is 16.7. The molecule has 0 aliphatic carbocycles. The molecule has 1 saturated heterocycles.